The third kappa shape index (κ3) is 5.58. The van der Waals surface area contributed by atoms with Gasteiger partial charge in [0.1, 0.15) is 5.69 Å². The Balaban J connectivity index is 1.78. The molecule has 1 amide bonds. The Morgan fingerprint density at radius 2 is 1.97 bits per heavy atom. The van der Waals surface area contributed by atoms with Gasteiger partial charge >= 0.3 is 0 Å². The predicted molar refractivity (Wildman–Crippen MR) is 135 cm³/mol. The summed E-state index contributed by atoms with van der Waals surface area (Å²) in [5, 5.41) is 4.38. The smallest absolute Gasteiger partial charge is 0.273 e. The fourth-order valence-electron chi connectivity index (χ4n) is 3.81. The van der Waals surface area contributed by atoms with Crippen molar-refractivity contribution in [3.05, 3.63) is 80.8 Å². The summed E-state index contributed by atoms with van der Waals surface area (Å²) in [6.45, 7) is 5.52. The molecule has 0 bridgehead atoms. The highest BCUT2D eigenvalue weighted by molar-refractivity contribution is 7.09. The number of aryl methyl sites for hydroxylation is 2. The van der Waals surface area contributed by atoms with Crippen LogP contribution in [0.5, 0.6) is 0 Å². The Kier molecular flexibility index (Phi) is 7.38. The largest absolute Gasteiger partial charge is 0.385 e. The number of ether oxygens (including phenoxy) is 1. The molecule has 0 spiro atoms. The van der Waals surface area contributed by atoms with Crippen molar-refractivity contribution in [2.45, 2.75) is 26.8 Å². The van der Waals surface area contributed by atoms with E-state index in [0.29, 0.717) is 30.4 Å². The Morgan fingerprint density at radius 3 is 2.70 bits per heavy atom. The summed E-state index contributed by atoms with van der Waals surface area (Å²) >= 11 is 7.78. The van der Waals surface area contributed by atoms with Crippen LogP contribution in [0.25, 0.3) is 22.2 Å². The van der Waals surface area contributed by atoms with E-state index in [-0.39, 0.29) is 5.91 Å². The Bertz CT molecular complexity index is 1290. The number of thiazole rings is 1. The lowest BCUT2D eigenvalue weighted by Crippen LogP contribution is -2.32. The Labute approximate surface area is 203 Å². The zero-order valence-corrected chi connectivity index (χ0v) is 20.5. The fraction of sp³-hybridized carbons (Fsp3) is 0.269. The predicted octanol–water partition coefficient (Wildman–Crippen LogP) is 6.31. The van der Waals surface area contributed by atoms with Crippen LogP contribution in [0.1, 0.15) is 33.0 Å². The minimum atomic E-state index is -0.0866. The van der Waals surface area contributed by atoms with Crippen LogP contribution < -0.4 is 0 Å². The molecule has 0 unspecified atom stereocenters. The van der Waals surface area contributed by atoms with Crippen molar-refractivity contribution >= 4 is 39.7 Å². The Morgan fingerprint density at radius 1 is 1.12 bits per heavy atom. The molecular weight excluding hydrogens is 454 g/mol. The third-order valence-electron chi connectivity index (χ3n) is 5.41. The first-order valence-electron chi connectivity index (χ1n) is 10.8. The van der Waals surface area contributed by atoms with Gasteiger partial charge in [0.2, 0.25) is 0 Å². The maximum Gasteiger partial charge on any atom is 0.273 e. The van der Waals surface area contributed by atoms with Gasteiger partial charge in [-0.05, 0) is 55.7 Å². The van der Waals surface area contributed by atoms with Gasteiger partial charge in [0.05, 0.1) is 16.2 Å². The van der Waals surface area contributed by atoms with Crippen molar-refractivity contribution in [3.8, 4) is 11.3 Å². The van der Waals surface area contributed by atoms with Crippen LogP contribution in [-0.4, -0.2) is 41.0 Å². The van der Waals surface area contributed by atoms with Crippen molar-refractivity contribution in [1.82, 2.24) is 14.9 Å². The molecule has 0 N–H and O–H groups in total. The van der Waals surface area contributed by atoms with Gasteiger partial charge in [-0.2, -0.15) is 0 Å². The van der Waals surface area contributed by atoms with E-state index < -0.39 is 0 Å². The number of nitrogens with zero attached hydrogens (tertiary/aromatic N) is 3. The van der Waals surface area contributed by atoms with Crippen LogP contribution in [-0.2, 0) is 11.3 Å². The number of rotatable bonds is 8. The number of benzene rings is 2. The second-order valence-electron chi connectivity index (χ2n) is 8.03. The number of carbonyl (C=O) groups excluding carboxylic acids is 1. The van der Waals surface area contributed by atoms with E-state index in [1.54, 1.807) is 7.11 Å². The Hall–Kier alpha value is -2.80. The molecule has 0 aliphatic rings. The molecule has 4 aromatic rings. The summed E-state index contributed by atoms with van der Waals surface area (Å²) in [4.78, 5) is 24.6. The van der Waals surface area contributed by atoms with E-state index >= 15 is 0 Å². The normalized spacial score (nSPS) is 11.2. The molecule has 33 heavy (non-hydrogen) atoms. The standard InChI is InChI=1S/C26H26ClN3O2S/c1-17-8-9-19-13-21(25(29-23(19)12-17)20-6-4-7-22(27)14-20)15-30(10-5-11-32-3)26(31)24-16-33-18(2)28-24/h4,6-9,12-14,16H,5,10-11,15H2,1-3H3. The fourth-order valence-corrected chi connectivity index (χ4v) is 4.59. The molecular formula is C26H26ClN3O2S. The topological polar surface area (TPSA) is 55.3 Å². The van der Waals surface area contributed by atoms with Crippen LogP contribution in [0.2, 0.25) is 5.02 Å². The van der Waals surface area contributed by atoms with Crippen molar-refractivity contribution < 1.29 is 9.53 Å². The van der Waals surface area contributed by atoms with Gasteiger partial charge in [0.25, 0.3) is 5.91 Å². The second kappa shape index (κ2) is 10.4. The monoisotopic (exact) mass is 479 g/mol. The molecule has 2 heterocycles. The summed E-state index contributed by atoms with van der Waals surface area (Å²) in [5.41, 5.74) is 5.26. The van der Waals surface area contributed by atoms with E-state index in [1.165, 1.54) is 11.3 Å². The van der Waals surface area contributed by atoms with Gasteiger partial charge in [0.15, 0.2) is 0 Å². The number of amides is 1. The van der Waals surface area contributed by atoms with Crippen molar-refractivity contribution in [1.29, 1.82) is 0 Å². The molecule has 2 aromatic heterocycles. The number of halogens is 1. The number of hydrogen-bond acceptors (Lipinski definition) is 5. The minimum Gasteiger partial charge on any atom is -0.385 e. The van der Waals surface area contributed by atoms with Crippen LogP contribution >= 0.6 is 22.9 Å². The molecule has 0 radical (unpaired) electrons. The van der Waals surface area contributed by atoms with Gasteiger partial charge < -0.3 is 9.64 Å². The molecule has 2 aromatic carbocycles. The van der Waals surface area contributed by atoms with Gasteiger partial charge in [-0.25, -0.2) is 9.97 Å². The lowest BCUT2D eigenvalue weighted by Gasteiger charge is -2.23. The third-order valence-corrected chi connectivity index (χ3v) is 6.42. The van der Waals surface area contributed by atoms with E-state index in [4.69, 9.17) is 21.3 Å². The van der Waals surface area contributed by atoms with Crippen LogP contribution in [0.15, 0.2) is 53.9 Å². The highest BCUT2D eigenvalue weighted by Crippen LogP contribution is 2.29. The van der Waals surface area contributed by atoms with Crippen LogP contribution in [0, 0.1) is 13.8 Å². The molecule has 170 valence electrons. The zero-order chi connectivity index (χ0) is 23.4. The van der Waals surface area contributed by atoms with Gasteiger partial charge in [-0.1, -0.05) is 35.9 Å². The quantitative estimate of drug-likeness (QED) is 0.278. The van der Waals surface area contributed by atoms with E-state index in [1.807, 2.05) is 41.5 Å². The number of pyridine rings is 1. The summed E-state index contributed by atoms with van der Waals surface area (Å²) in [6.07, 6.45) is 0.734. The average Bonchev–Trinajstić information content (AvgIpc) is 3.24. The molecule has 0 fully saturated rings. The maximum atomic E-state index is 13.4. The molecule has 0 atom stereocenters. The van der Waals surface area contributed by atoms with Crippen molar-refractivity contribution in [2.75, 3.05) is 20.3 Å². The molecule has 7 heteroatoms. The van der Waals surface area contributed by atoms with E-state index in [9.17, 15) is 4.79 Å². The summed E-state index contributed by atoms with van der Waals surface area (Å²) < 4.78 is 5.23. The van der Waals surface area contributed by atoms with Crippen molar-refractivity contribution in [3.63, 3.8) is 0 Å². The molecule has 0 saturated carbocycles. The molecule has 5 nitrogen and oxygen atoms in total. The summed E-state index contributed by atoms with van der Waals surface area (Å²) in [5.74, 6) is -0.0866. The number of hydrogen-bond donors (Lipinski definition) is 0. The molecule has 0 saturated heterocycles. The highest BCUT2D eigenvalue weighted by Gasteiger charge is 2.21. The van der Waals surface area contributed by atoms with Crippen LogP contribution in [0.3, 0.4) is 0 Å². The summed E-state index contributed by atoms with van der Waals surface area (Å²) in [6, 6.07) is 16.0. The minimum absolute atomic E-state index is 0.0866. The maximum absolute atomic E-state index is 13.4. The van der Waals surface area contributed by atoms with Crippen molar-refractivity contribution in [2.24, 2.45) is 0 Å². The van der Waals surface area contributed by atoms with Gasteiger partial charge in [-0.15, -0.1) is 11.3 Å². The highest BCUT2D eigenvalue weighted by atomic mass is 35.5. The first-order chi connectivity index (χ1) is 15.9. The first-order valence-corrected chi connectivity index (χ1v) is 12.1. The molecule has 0 aliphatic carbocycles. The second-order valence-corrected chi connectivity index (χ2v) is 9.53. The van der Waals surface area contributed by atoms with E-state index in [2.05, 4.69) is 36.2 Å². The molecule has 0 aliphatic heterocycles. The lowest BCUT2D eigenvalue weighted by molar-refractivity contribution is 0.0718. The molecule has 4 rings (SSSR count). The van der Waals surface area contributed by atoms with Gasteiger partial charge in [0, 0.05) is 48.2 Å². The number of aromatic nitrogens is 2. The SMILES string of the molecule is COCCCN(Cc1cc2ccc(C)cc2nc1-c1cccc(Cl)c1)C(=O)c1csc(C)n1. The number of methoxy groups -OCH3 is 1. The number of carbonyl (C=O) groups is 1. The van der Waals surface area contributed by atoms with Crippen LogP contribution in [0.4, 0.5) is 0 Å². The lowest BCUT2D eigenvalue weighted by atomic mass is 10.0. The average molecular weight is 480 g/mol. The summed E-state index contributed by atoms with van der Waals surface area (Å²) in [7, 11) is 1.67. The zero-order valence-electron chi connectivity index (χ0n) is 19.0. The van der Waals surface area contributed by atoms with Gasteiger partial charge in [-0.3, -0.25) is 4.79 Å². The number of fused-ring (bicyclic) bond motifs is 1. The first kappa shape index (κ1) is 23.4. The van der Waals surface area contributed by atoms with E-state index in [0.717, 1.165) is 44.7 Å².